The van der Waals surface area contributed by atoms with Crippen LogP contribution in [0.25, 0.3) is 10.4 Å². The van der Waals surface area contributed by atoms with Crippen LogP contribution in [0, 0.1) is 12.8 Å². The number of fused-ring (bicyclic) bond motifs is 1. The fourth-order valence-corrected chi connectivity index (χ4v) is 5.45. The normalized spacial score (nSPS) is 22.0. The van der Waals surface area contributed by atoms with E-state index in [2.05, 4.69) is 21.6 Å². The van der Waals surface area contributed by atoms with E-state index in [0.29, 0.717) is 11.4 Å². The van der Waals surface area contributed by atoms with Crippen LogP contribution in [0.5, 0.6) is 5.75 Å². The number of anilines is 1. The largest absolute Gasteiger partial charge is 0.490 e. The summed E-state index contributed by atoms with van der Waals surface area (Å²) in [6.45, 7) is 4.29. The van der Waals surface area contributed by atoms with E-state index >= 15 is 0 Å². The number of carbonyl (C=O) groups excluding carboxylic acids is 1. The van der Waals surface area contributed by atoms with Crippen molar-refractivity contribution >= 4 is 28.8 Å². The molecule has 1 aromatic heterocycles. The number of amides is 1. The molecule has 1 aliphatic heterocycles. The second kappa shape index (κ2) is 9.68. The van der Waals surface area contributed by atoms with Crippen LogP contribution in [0.15, 0.2) is 53.5 Å². The van der Waals surface area contributed by atoms with Crippen LogP contribution >= 0.6 is 11.5 Å². The van der Waals surface area contributed by atoms with Crippen molar-refractivity contribution in [3.63, 3.8) is 0 Å². The molecule has 3 aromatic rings. The van der Waals surface area contributed by atoms with E-state index in [1.165, 1.54) is 30.8 Å². The van der Waals surface area contributed by atoms with E-state index < -0.39 is 6.17 Å². The standard InChI is InChI=1S/C27H30N4O2S/c1-16-4-3-5-20(10-6-16)33-21-11-8-19(9-12-21)29-27(32)25-23-15-18(24-14-17(2)31-34-24)7-13-22(23)26(28)30-25/h7-9,11-16,20,26H,3-6,10,28H2,1-2H3,(H,29,32)/t16?,20?,26-/m1/s1. The molecule has 0 spiro atoms. The Morgan fingerprint density at radius 2 is 1.91 bits per heavy atom. The third kappa shape index (κ3) is 4.91. The molecule has 2 heterocycles. The van der Waals surface area contributed by atoms with Crippen molar-refractivity contribution < 1.29 is 9.53 Å². The molecule has 2 aliphatic rings. The number of carbonyl (C=O) groups is 1. The van der Waals surface area contributed by atoms with Gasteiger partial charge in [-0.25, -0.2) is 0 Å². The molecule has 0 radical (unpaired) electrons. The summed E-state index contributed by atoms with van der Waals surface area (Å²) in [5.74, 6) is 1.36. The Morgan fingerprint density at radius 1 is 1.09 bits per heavy atom. The van der Waals surface area contributed by atoms with Crippen LogP contribution in [0.3, 0.4) is 0 Å². The zero-order valence-corrected chi connectivity index (χ0v) is 20.4. The second-order valence-electron chi connectivity index (χ2n) is 9.39. The van der Waals surface area contributed by atoms with Crippen molar-refractivity contribution in [3.05, 3.63) is 65.4 Å². The first kappa shape index (κ1) is 22.7. The lowest BCUT2D eigenvalue weighted by Gasteiger charge is -2.17. The molecule has 5 rings (SSSR count). The smallest absolute Gasteiger partial charge is 0.274 e. The zero-order valence-electron chi connectivity index (χ0n) is 19.6. The summed E-state index contributed by atoms with van der Waals surface area (Å²) in [5.41, 5.74) is 10.9. The van der Waals surface area contributed by atoms with E-state index in [1.54, 1.807) is 0 Å². The number of benzene rings is 2. The predicted molar refractivity (Wildman–Crippen MR) is 137 cm³/mol. The molecule has 0 bridgehead atoms. The number of aromatic nitrogens is 1. The summed E-state index contributed by atoms with van der Waals surface area (Å²) in [4.78, 5) is 18.6. The van der Waals surface area contributed by atoms with Gasteiger partial charge in [-0.05, 0) is 92.0 Å². The molecular weight excluding hydrogens is 444 g/mol. The second-order valence-corrected chi connectivity index (χ2v) is 10.2. The summed E-state index contributed by atoms with van der Waals surface area (Å²) < 4.78 is 10.6. The van der Waals surface area contributed by atoms with Gasteiger partial charge in [-0.2, -0.15) is 4.37 Å². The van der Waals surface area contributed by atoms with Crippen LogP contribution in [-0.2, 0) is 4.79 Å². The van der Waals surface area contributed by atoms with Gasteiger partial charge in [-0.3, -0.25) is 9.79 Å². The van der Waals surface area contributed by atoms with Crippen molar-refractivity contribution in [2.24, 2.45) is 16.6 Å². The summed E-state index contributed by atoms with van der Waals surface area (Å²) in [7, 11) is 0. The molecule has 1 fully saturated rings. The van der Waals surface area contributed by atoms with E-state index in [4.69, 9.17) is 10.5 Å². The number of aryl methyl sites for hydroxylation is 1. The molecule has 2 unspecified atom stereocenters. The van der Waals surface area contributed by atoms with Gasteiger partial charge in [0, 0.05) is 16.8 Å². The molecule has 176 valence electrons. The Morgan fingerprint density at radius 3 is 2.68 bits per heavy atom. The van der Waals surface area contributed by atoms with E-state index in [0.717, 1.165) is 51.8 Å². The van der Waals surface area contributed by atoms with Gasteiger partial charge in [0.15, 0.2) is 0 Å². The maximum absolute atomic E-state index is 13.1. The highest BCUT2D eigenvalue weighted by molar-refractivity contribution is 7.09. The number of ether oxygens (including phenoxy) is 1. The number of nitrogens with two attached hydrogens (primary N) is 1. The first-order chi connectivity index (χ1) is 16.5. The first-order valence-corrected chi connectivity index (χ1v) is 12.7. The lowest BCUT2D eigenvalue weighted by molar-refractivity contribution is -0.110. The van der Waals surface area contributed by atoms with Gasteiger partial charge in [0.05, 0.1) is 16.7 Å². The van der Waals surface area contributed by atoms with Crippen molar-refractivity contribution in [2.75, 3.05) is 5.32 Å². The van der Waals surface area contributed by atoms with Crippen LogP contribution < -0.4 is 15.8 Å². The van der Waals surface area contributed by atoms with Gasteiger partial charge >= 0.3 is 0 Å². The van der Waals surface area contributed by atoms with Crippen LogP contribution in [0.2, 0.25) is 0 Å². The van der Waals surface area contributed by atoms with Gasteiger partial charge in [-0.15, -0.1) is 0 Å². The number of hydrogen-bond acceptors (Lipinski definition) is 6. The predicted octanol–water partition coefficient (Wildman–Crippen LogP) is 5.86. The van der Waals surface area contributed by atoms with Crippen molar-refractivity contribution in [1.29, 1.82) is 0 Å². The highest BCUT2D eigenvalue weighted by Crippen LogP contribution is 2.33. The van der Waals surface area contributed by atoms with Gasteiger partial charge in [0.2, 0.25) is 0 Å². The number of rotatable bonds is 5. The molecule has 0 saturated heterocycles. The minimum absolute atomic E-state index is 0.266. The van der Waals surface area contributed by atoms with Gasteiger partial charge in [-0.1, -0.05) is 25.5 Å². The maximum Gasteiger partial charge on any atom is 0.274 e. The summed E-state index contributed by atoms with van der Waals surface area (Å²) in [5, 5.41) is 2.96. The van der Waals surface area contributed by atoms with E-state index in [9.17, 15) is 4.79 Å². The number of hydrogen-bond donors (Lipinski definition) is 2. The number of nitrogens with one attached hydrogen (secondary N) is 1. The van der Waals surface area contributed by atoms with E-state index in [1.807, 2.05) is 55.5 Å². The van der Waals surface area contributed by atoms with Crippen molar-refractivity contribution in [3.8, 4) is 16.2 Å². The lowest BCUT2D eigenvalue weighted by atomic mass is 10.00. The Labute approximate surface area is 204 Å². The molecule has 7 heteroatoms. The molecular formula is C27H30N4O2S. The third-order valence-corrected chi connectivity index (χ3v) is 7.57. The molecule has 1 amide bonds. The summed E-state index contributed by atoms with van der Waals surface area (Å²) in [6.07, 6.45) is 5.66. The Kier molecular flexibility index (Phi) is 6.48. The highest BCUT2D eigenvalue weighted by Gasteiger charge is 2.28. The number of nitrogens with zero attached hydrogens (tertiary/aromatic N) is 2. The molecule has 1 aliphatic carbocycles. The fraction of sp³-hybridized carbons (Fsp3) is 0.370. The Hall–Kier alpha value is -3.03. The van der Waals surface area contributed by atoms with Gasteiger partial charge < -0.3 is 15.8 Å². The third-order valence-electron chi connectivity index (χ3n) is 6.64. The summed E-state index contributed by atoms with van der Waals surface area (Å²) >= 11 is 1.44. The van der Waals surface area contributed by atoms with Crippen LogP contribution in [-0.4, -0.2) is 22.1 Å². The lowest BCUT2D eigenvalue weighted by Crippen LogP contribution is -2.22. The SMILES string of the molecule is Cc1cc(-c2ccc3c(c2)C(C(=O)Nc2ccc(OC4CCCC(C)CC4)cc2)=N[C@H]3N)sn1. The minimum Gasteiger partial charge on any atom is -0.490 e. The quantitative estimate of drug-likeness (QED) is 0.453. The van der Waals surface area contributed by atoms with Crippen LogP contribution in [0.1, 0.15) is 62.0 Å². The average Bonchev–Trinajstić information content (AvgIpc) is 3.34. The number of aliphatic imine (C=N–C) groups is 1. The average molecular weight is 475 g/mol. The monoisotopic (exact) mass is 474 g/mol. The highest BCUT2D eigenvalue weighted by atomic mass is 32.1. The fourth-order valence-electron chi connectivity index (χ4n) is 4.70. The van der Waals surface area contributed by atoms with E-state index in [-0.39, 0.29) is 12.0 Å². The zero-order chi connectivity index (χ0) is 23.7. The Bertz CT molecular complexity index is 1220. The first-order valence-electron chi connectivity index (χ1n) is 12.0. The van der Waals surface area contributed by atoms with Gasteiger partial charge in [0.1, 0.15) is 17.6 Å². The van der Waals surface area contributed by atoms with Crippen molar-refractivity contribution in [2.45, 2.75) is 58.2 Å². The Balaban J connectivity index is 1.27. The van der Waals surface area contributed by atoms with Crippen LogP contribution in [0.4, 0.5) is 5.69 Å². The molecule has 6 nitrogen and oxygen atoms in total. The van der Waals surface area contributed by atoms with Gasteiger partial charge in [0.25, 0.3) is 5.91 Å². The maximum atomic E-state index is 13.1. The summed E-state index contributed by atoms with van der Waals surface area (Å²) in [6, 6.07) is 15.6. The topological polar surface area (TPSA) is 89.6 Å². The molecule has 34 heavy (non-hydrogen) atoms. The molecule has 1 saturated carbocycles. The molecule has 3 atom stereocenters. The molecule has 3 N–H and O–H groups in total. The molecule has 2 aromatic carbocycles. The minimum atomic E-state index is -0.536. The van der Waals surface area contributed by atoms with Crippen molar-refractivity contribution in [1.82, 2.24) is 4.37 Å².